The molecule has 0 radical (unpaired) electrons. The molecule has 1 fully saturated rings. The molecule has 0 saturated heterocycles. The summed E-state index contributed by atoms with van der Waals surface area (Å²) < 4.78 is 0. The monoisotopic (exact) mass is 370 g/mol. The van der Waals surface area contributed by atoms with Crippen molar-refractivity contribution in [3.05, 3.63) is 47.0 Å². The zero-order valence-electron chi connectivity index (χ0n) is 16.4. The Balaban J connectivity index is 1.87. The van der Waals surface area contributed by atoms with Gasteiger partial charge in [0, 0.05) is 24.3 Å². The Morgan fingerprint density at radius 1 is 1.15 bits per heavy atom. The fourth-order valence-electron chi connectivity index (χ4n) is 3.84. The van der Waals surface area contributed by atoms with Crippen molar-refractivity contribution in [1.82, 2.24) is 0 Å². The summed E-state index contributed by atoms with van der Waals surface area (Å²) in [7, 11) is 0. The third-order valence-electron chi connectivity index (χ3n) is 5.46. The van der Waals surface area contributed by atoms with E-state index < -0.39 is 5.97 Å². The van der Waals surface area contributed by atoms with Crippen LogP contribution in [0.2, 0.25) is 0 Å². The highest BCUT2D eigenvalue weighted by atomic mass is 16.4. The van der Waals surface area contributed by atoms with Gasteiger partial charge in [0.25, 0.3) is 0 Å². The summed E-state index contributed by atoms with van der Waals surface area (Å²) >= 11 is 0. The number of benzene rings is 1. The minimum atomic E-state index is -0.750. The van der Waals surface area contributed by atoms with Crippen molar-refractivity contribution in [1.29, 1.82) is 0 Å². The molecule has 0 amide bonds. The Bertz CT molecular complexity index is 717. The van der Waals surface area contributed by atoms with Gasteiger partial charge in [-0.2, -0.15) is 0 Å². The van der Waals surface area contributed by atoms with E-state index in [1.807, 2.05) is 38.1 Å². The Labute approximate surface area is 161 Å². The van der Waals surface area contributed by atoms with Gasteiger partial charge in [-0.25, -0.2) is 0 Å². The molecule has 27 heavy (non-hydrogen) atoms. The molecule has 4 heteroatoms. The molecule has 2 rings (SSSR count). The number of Topliss-reactive ketones (excluding diaryl/α,β-unsaturated/α-hetero) is 1. The molecular formula is C23H30O4. The summed E-state index contributed by atoms with van der Waals surface area (Å²) in [5.74, 6) is -0.297. The minimum absolute atomic E-state index is 0.00275. The zero-order chi connectivity index (χ0) is 19.8. The highest BCUT2D eigenvalue weighted by Crippen LogP contribution is 2.34. The molecule has 1 aliphatic rings. The zero-order valence-corrected chi connectivity index (χ0v) is 16.4. The van der Waals surface area contributed by atoms with Gasteiger partial charge in [-0.05, 0) is 56.7 Å². The van der Waals surface area contributed by atoms with E-state index in [1.165, 1.54) is 0 Å². The summed E-state index contributed by atoms with van der Waals surface area (Å²) in [5.41, 5.74) is 2.76. The lowest BCUT2D eigenvalue weighted by atomic mass is 9.89. The molecule has 0 spiro atoms. The second kappa shape index (κ2) is 10.2. The third-order valence-corrected chi connectivity index (χ3v) is 5.46. The van der Waals surface area contributed by atoms with E-state index in [4.69, 9.17) is 5.11 Å². The van der Waals surface area contributed by atoms with E-state index in [0.717, 1.165) is 48.8 Å². The standard InChI is InChI=1S/C23H30O4/c1-16-9-10-17(2)20(15-16)22(25)14-12-18-11-13-21(24)19(18)7-5-3-4-6-8-23(26)27/h9-10,12,14-15,18-19H,3-8,11,13H2,1-2H3,(H,26,27)/b14-12+. The van der Waals surface area contributed by atoms with E-state index >= 15 is 0 Å². The SMILES string of the molecule is Cc1ccc(C)c(C(=O)/C=C/C2CCC(=O)C2CCCCCCC(=O)O)c1. The van der Waals surface area contributed by atoms with Crippen LogP contribution < -0.4 is 0 Å². The number of carbonyl (C=O) groups is 3. The average molecular weight is 370 g/mol. The van der Waals surface area contributed by atoms with E-state index in [0.29, 0.717) is 18.6 Å². The Morgan fingerprint density at radius 3 is 2.63 bits per heavy atom. The van der Waals surface area contributed by atoms with Gasteiger partial charge in [-0.15, -0.1) is 0 Å². The number of ketones is 2. The maximum atomic E-state index is 12.5. The molecule has 0 bridgehead atoms. The highest BCUT2D eigenvalue weighted by Gasteiger charge is 2.32. The van der Waals surface area contributed by atoms with Gasteiger partial charge in [-0.3, -0.25) is 14.4 Å². The number of carboxylic acids is 1. The maximum absolute atomic E-state index is 12.5. The number of hydrogen-bond acceptors (Lipinski definition) is 3. The van der Waals surface area contributed by atoms with Crippen molar-refractivity contribution in [2.75, 3.05) is 0 Å². The van der Waals surface area contributed by atoms with Crippen LogP contribution in [-0.2, 0) is 9.59 Å². The topological polar surface area (TPSA) is 71.4 Å². The molecule has 2 atom stereocenters. The molecule has 1 N–H and O–H groups in total. The van der Waals surface area contributed by atoms with Crippen molar-refractivity contribution in [3.8, 4) is 0 Å². The maximum Gasteiger partial charge on any atom is 0.303 e. The molecule has 1 aliphatic carbocycles. The van der Waals surface area contributed by atoms with E-state index in [2.05, 4.69) is 0 Å². The van der Waals surface area contributed by atoms with Gasteiger partial charge in [0.1, 0.15) is 5.78 Å². The van der Waals surface area contributed by atoms with E-state index in [9.17, 15) is 14.4 Å². The van der Waals surface area contributed by atoms with Gasteiger partial charge in [0.2, 0.25) is 0 Å². The lowest BCUT2D eigenvalue weighted by Gasteiger charge is -2.14. The molecule has 0 aromatic heterocycles. The first-order chi connectivity index (χ1) is 12.9. The third kappa shape index (κ3) is 6.46. The van der Waals surface area contributed by atoms with Crippen molar-refractivity contribution < 1.29 is 19.5 Å². The Kier molecular flexibility index (Phi) is 7.96. The van der Waals surface area contributed by atoms with Gasteiger partial charge < -0.3 is 5.11 Å². The van der Waals surface area contributed by atoms with Gasteiger partial charge in [0.05, 0.1) is 0 Å². The van der Waals surface area contributed by atoms with Crippen molar-refractivity contribution in [2.24, 2.45) is 11.8 Å². The molecule has 4 nitrogen and oxygen atoms in total. The van der Waals surface area contributed by atoms with E-state index in [1.54, 1.807) is 6.08 Å². The van der Waals surface area contributed by atoms with Crippen LogP contribution in [-0.4, -0.2) is 22.6 Å². The predicted octanol–water partition coefficient (Wildman–Crippen LogP) is 5.06. The Morgan fingerprint density at radius 2 is 1.89 bits per heavy atom. The first-order valence-electron chi connectivity index (χ1n) is 9.92. The van der Waals surface area contributed by atoms with Crippen molar-refractivity contribution >= 4 is 17.5 Å². The van der Waals surface area contributed by atoms with Gasteiger partial charge >= 0.3 is 5.97 Å². The molecule has 146 valence electrons. The van der Waals surface area contributed by atoms with Crippen LogP contribution in [0.25, 0.3) is 0 Å². The van der Waals surface area contributed by atoms with Crippen LogP contribution in [0.5, 0.6) is 0 Å². The number of aryl methyl sites for hydroxylation is 2. The molecular weight excluding hydrogens is 340 g/mol. The quantitative estimate of drug-likeness (QED) is 0.355. The molecule has 1 saturated carbocycles. The average Bonchev–Trinajstić information content (AvgIpc) is 2.97. The van der Waals surface area contributed by atoms with E-state index in [-0.39, 0.29) is 24.0 Å². The molecule has 0 aliphatic heterocycles. The van der Waals surface area contributed by atoms with Crippen molar-refractivity contribution in [3.63, 3.8) is 0 Å². The first kappa shape index (κ1) is 21.1. The summed E-state index contributed by atoms with van der Waals surface area (Å²) in [6, 6.07) is 5.87. The van der Waals surface area contributed by atoms with Crippen molar-refractivity contribution in [2.45, 2.75) is 65.2 Å². The molecule has 0 heterocycles. The van der Waals surface area contributed by atoms with Gasteiger partial charge in [-0.1, -0.05) is 43.0 Å². The highest BCUT2D eigenvalue weighted by molar-refractivity contribution is 6.05. The summed E-state index contributed by atoms with van der Waals surface area (Å²) in [4.78, 5) is 35.3. The number of allylic oxidation sites excluding steroid dienone is 2. The number of carbonyl (C=O) groups excluding carboxylic acids is 2. The summed E-state index contributed by atoms with van der Waals surface area (Å²) in [6.45, 7) is 3.91. The fraction of sp³-hybridized carbons (Fsp3) is 0.522. The molecule has 1 aromatic carbocycles. The Hall–Kier alpha value is -2.23. The van der Waals surface area contributed by atoms with Gasteiger partial charge in [0.15, 0.2) is 5.78 Å². The van der Waals surface area contributed by atoms with Crippen LogP contribution >= 0.6 is 0 Å². The normalized spacial score (nSPS) is 19.7. The largest absolute Gasteiger partial charge is 0.481 e. The van der Waals surface area contributed by atoms with Crippen LogP contribution in [0, 0.1) is 25.7 Å². The molecule has 2 unspecified atom stereocenters. The number of aliphatic carboxylic acids is 1. The number of carboxylic acid groups (broad SMARTS) is 1. The van der Waals surface area contributed by atoms with Crippen LogP contribution in [0.4, 0.5) is 0 Å². The summed E-state index contributed by atoms with van der Waals surface area (Å²) in [5, 5.41) is 8.65. The lowest BCUT2D eigenvalue weighted by molar-refractivity contribution is -0.137. The second-order valence-electron chi connectivity index (χ2n) is 7.66. The van der Waals surface area contributed by atoms with Crippen LogP contribution in [0.1, 0.15) is 72.9 Å². The first-order valence-corrected chi connectivity index (χ1v) is 9.92. The smallest absolute Gasteiger partial charge is 0.303 e. The fourth-order valence-corrected chi connectivity index (χ4v) is 3.84. The molecule has 1 aromatic rings. The number of unbranched alkanes of at least 4 members (excludes halogenated alkanes) is 3. The van der Waals surface area contributed by atoms with Crippen LogP contribution in [0.15, 0.2) is 30.4 Å². The lowest BCUT2D eigenvalue weighted by Crippen LogP contribution is -2.13. The minimum Gasteiger partial charge on any atom is -0.481 e. The van der Waals surface area contributed by atoms with Crippen LogP contribution in [0.3, 0.4) is 0 Å². The number of hydrogen-bond donors (Lipinski definition) is 1. The second-order valence-corrected chi connectivity index (χ2v) is 7.66. The predicted molar refractivity (Wildman–Crippen MR) is 106 cm³/mol. The number of rotatable bonds is 10. The summed E-state index contributed by atoms with van der Waals surface area (Å²) in [6.07, 6.45) is 9.51.